The molecule has 2 N–H and O–H groups in total. The maximum absolute atomic E-state index is 11.5. The van der Waals surface area contributed by atoms with E-state index in [-0.39, 0.29) is 25.3 Å². The second-order valence-electron chi connectivity index (χ2n) is 4.21. The molecule has 0 unspecified atom stereocenters. The van der Waals surface area contributed by atoms with Crippen LogP contribution in [0, 0.1) is 0 Å². The Kier molecular flexibility index (Phi) is 6.36. The highest BCUT2D eigenvalue weighted by molar-refractivity contribution is 5.77. The topological polar surface area (TPSA) is 84.9 Å². The number of carbonyl (C=O) groups excluding carboxylic acids is 1. The number of methoxy groups -OCH3 is 2. The molecule has 0 aliphatic rings. The van der Waals surface area contributed by atoms with Crippen molar-refractivity contribution in [1.82, 2.24) is 5.32 Å². The average molecular weight is 281 g/mol. The molecule has 1 rings (SSSR count). The zero-order valence-electron chi connectivity index (χ0n) is 11.6. The molecule has 0 radical (unpaired) electrons. The summed E-state index contributed by atoms with van der Waals surface area (Å²) in [4.78, 5) is 21.9. The molecular weight excluding hydrogens is 262 g/mol. The van der Waals surface area contributed by atoms with Crippen LogP contribution in [0.3, 0.4) is 0 Å². The Bertz CT molecular complexity index is 450. The van der Waals surface area contributed by atoms with E-state index in [2.05, 4.69) is 5.32 Å². The fourth-order valence-corrected chi connectivity index (χ4v) is 1.67. The molecule has 0 aromatic heterocycles. The van der Waals surface area contributed by atoms with Gasteiger partial charge in [0.15, 0.2) is 0 Å². The number of hydrogen-bond donors (Lipinski definition) is 2. The molecule has 110 valence electrons. The molecule has 20 heavy (non-hydrogen) atoms. The lowest BCUT2D eigenvalue weighted by molar-refractivity contribution is -0.136. The molecule has 0 spiro atoms. The summed E-state index contributed by atoms with van der Waals surface area (Å²) in [6, 6.07) is 5.44. The standard InChI is InChI=1S/C14H19NO5/c1-19-11-7-10(8-12(9-11)20-2)3-4-13(16)15-6-5-14(17)18/h7-9H,3-6H2,1-2H3,(H,15,16)(H,17,18). The van der Waals surface area contributed by atoms with E-state index in [0.29, 0.717) is 17.9 Å². The van der Waals surface area contributed by atoms with Crippen molar-refractivity contribution in [2.45, 2.75) is 19.3 Å². The SMILES string of the molecule is COc1cc(CCC(=O)NCCC(=O)O)cc(OC)c1. The molecule has 0 saturated heterocycles. The summed E-state index contributed by atoms with van der Waals surface area (Å²) in [7, 11) is 3.13. The molecule has 1 aromatic carbocycles. The van der Waals surface area contributed by atoms with Crippen molar-refractivity contribution in [2.24, 2.45) is 0 Å². The molecule has 0 bridgehead atoms. The first-order valence-corrected chi connectivity index (χ1v) is 6.25. The van der Waals surface area contributed by atoms with E-state index in [1.807, 2.05) is 12.1 Å². The summed E-state index contributed by atoms with van der Waals surface area (Å²) < 4.78 is 10.3. The van der Waals surface area contributed by atoms with E-state index in [1.165, 1.54) is 0 Å². The Morgan fingerprint density at radius 1 is 1.10 bits per heavy atom. The van der Waals surface area contributed by atoms with Crippen LogP contribution in [-0.4, -0.2) is 37.7 Å². The lowest BCUT2D eigenvalue weighted by atomic mass is 10.1. The lowest BCUT2D eigenvalue weighted by Gasteiger charge is -2.08. The number of carboxylic acids is 1. The minimum absolute atomic E-state index is 0.0707. The quantitative estimate of drug-likeness (QED) is 0.748. The van der Waals surface area contributed by atoms with Crippen LogP contribution in [0.1, 0.15) is 18.4 Å². The van der Waals surface area contributed by atoms with Gasteiger partial charge in [0.2, 0.25) is 5.91 Å². The molecule has 1 amide bonds. The third kappa shape index (κ3) is 5.60. The molecule has 0 aliphatic carbocycles. The Morgan fingerprint density at radius 3 is 2.20 bits per heavy atom. The zero-order chi connectivity index (χ0) is 15.0. The van der Waals surface area contributed by atoms with Gasteiger partial charge in [-0.3, -0.25) is 9.59 Å². The molecule has 0 atom stereocenters. The predicted octanol–water partition coefficient (Wildman–Crippen LogP) is 1.23. The number of benzene rings is 1. The lowest BCUT2D eigenvalue weighted by Crippen LogP contribution is -2.26. The normalized spacial score (nSPS) is 9.90. The number of carboxylic acid groups (broad SMARTS) is 1. The third-order valence-corrected chi connectivity index (χ3v) is 2.71. The Hall–Kier alpha value is -2.24. The summed E-state index contributed by atoms with van der Waals surface area (Å²) in [6.45, 7) is 0.148. The van der Waals surface area contributed by atoms with Crippen LogP contribution in [0.2, 0.25) is 0 Å². The summed E-state index contributed by atoms with van der Waals surface area (Å²) in [6.07, 6.45) is 0.751. The van der Waals surface area contributed by atoms with Crippen molar-refractivity contribution in [3.8, 4) is 11.5 Å². The molecule has 0 fully saturated rings. The van der Waals surface area contributed by atoms with Crippen molar-refractivity contribution in [3.05, 3.63) is 23.8 Å². The fraction of sp³-hybridized carbons (Fsp3) is 0.429. The second kappa shape index (κ2) is 8.04. The smallest absolute Gasteiger partial charge is 0.305 e. The Labute approximate surface area is 117 Å². The number of hydrogen-bond acceptors (Lipinski definition) is 4. The van der Waals surface area contributed by atoms with E-state index < -0.39 is 5.97 Å². The molecular formula is C14H19NO5. The van der Waals surface area contributed by atoms with Gasteiger partial charge in [0.05, 0.1) is 20.6 Å². The van der Waals surface area contributed by atoms with Gasteiger partial charge in [0, 0.05) is 19.0 Å². The number of rotatable bonds is 8. The first-order chi connectivity index (χ1) is 9.55. The number of aliphatic carboxylic acids is 1. The molecule has 6 heteroatoms. The molecule has 0 aliphatic heterocycles. The highest BCUT2D eigenvalue weighted by Gasteiger charge is 2.06. The van der Waals surface area contributed by atoms with Gasteiger partial charge in [0.1, 0.15) is 11.5 Å². The van der Waals surface area contributed by atoms with E-state index in [4.69, 9.17) is 14.6 Å². The monoisotopic (exact) mass is 281 g/mol. The fourth-order valence-electron chi connectivity index (χ4n) is 1.67. The van der Waals surface area contributed by atoms with E-state index in [9.17, 15) is 9.59 Å². The summed E-state index contributed by atoms with van der Waals surface area (Å²) in [5.41, 5.74) is 0.926. The summed E-state index contributed by atoms with van der Waals surface area (Å²) in [5.74, 6) is 0.243. The minimum atomic E-state index is -0.928. The first kappa shape index (κ1) is 15.8. The Morgan fingerprint density at radius 2 is 1.70 bits per heavy atom. The van der Waals surface area contributed by atoms with Crippen LogP contribution in [0.15, 0.2) is 18.2 Å². The first-order valence-electron chi connectivity index (χ1n) is 6.25. The van der Waals surface area contributed by atoms with Gasteiger partial charge < -0.3 is 19.9 Å². The number of aryl methyl sites for hydroxylation is 1. The molecule has 0 heterocycles. The van der Waals surface area contributed by atoms with Crippen LogP contribution >= 0.6 is 0 Å². The molecule has 6 nitrogen and oxygen atoms in total. The van der Waals surface area contributed by atoms with Crippen molar-refractivity contribution in [1.29, 1.82) is 0 Å². The highest BCUT2D eigenvalue weighted by atomic mass is 16.5. The number of amides is 1. The third-order valence-electron chi connectivity index (χ3n) is 2.71. The number of ether oxygens (including phenoxy) is 2. The van der Waals surface area contributed by atoms with Crippen molar-refractivity contribution in [2.75, 3.05) is 20.8 Å². The van der Waals surface area contributed by atoms with Crippen molar-refractivity contribution >= 4 is 11.9 Å². The second-order valence-corrected chi connectivity index (χ2v) is 4.21. The summed E-state index contributed by atoms with van der Waals surface area (Å²) >= 11 is 0. The maximum atomic E-state index is 11.5. The van der Waals surface area contributed by atoms with Gasteiger partial charge in [-0.15, -0.1) is 0 Å². The van der Waals surface area contributed by atoms with E-state index in [1.54, 1.807) is 20.3 Å². The molecule has 0 saturated carbocycles. The number of carbonyl (C=O) groups is 2. The van der Waals surface area contributed by atoms with E-state index in [0.717, 1.165) is 5.56 Å². The van der Waals surface area contributed by atoms with Gasteiger partial charge >= 0.3 is 5.97 Å². The van der Waals surface area contributed by atoms with Crippen LogP contribution in [0.5, 0.6) is 11.5 Å². The number of nitrogens with one attached hydrogen (secondary N) is 1. The largest absolute Gasteiger partial charge is 0.497 e. The van der Waals surface area contributed by atoms with Gasteiger partial charge in [-0.1, -0.05) is 0 Å². The Balaban J connectivity index is 2.48. The maximum Gasteiger partial charge on any atom is 0.305 e. The van der Waals surface area contributed by atoms with Crippen molar-refractivity contribution in [3.63, 3.8) is 0 Å². The summed E-state index contributed by atoms with van der Waals surface area (Å²) in [5, 5.41) is 11.0. The highest BCUT2D eigenvalue weighted by Crippen LogP contribution is 2.23. The van der Waals surface area contributed by atoms with Crippen molar-refractivity contribution < 1.29 is 24.2 Å². The van der Waals surface area contributed by atoms with Gasteiger partial charge in [-0.2, -0.15) is 0 Å². The van der Waals surface area contributed by atoms with Crippen LogP contribution < -0.4 is 14.8 Å². The van der Waals surface area contributed by atoms with Crippen LogP contribution in [-0.2, 0) is 16.0 Å². The average Bonchev–Trinajstić information content (AvgIpc) is 2.44. The van der Waals surface area contributed by atoms with Crippen LogP contribution in [0.25, 0.3) is 0 Å². The van der Waals surface area contributed by atoms with Gasteiger partial charge in [-0.25, -0.2) is 0 Å². The van der Waals surface area contributed by atoms with Gasteiger partial charge in [-0.05, 0) is 24.1 Å². The van der Waals surface area contributed by atoms with E-state index >= 15 is 0 Å². The molecule has 1 aromatic rings. The van der Waals surface area contributed by atoms with Crippen LogP contribution in [0.4, 0.5) is 0 Å². The minimum Gasteiger partial charge on any atom is -0.497 e. The van der Waals surface area contributed by atoms with Gasteiger partial charge in [0.25, 0.3) is 0 Å². The zero-order valence-corrected chi connectivity index (χ0v) is 11.6. The predicted molar refractivity (Wildman–Crippen MR) is 73.1 cm³/mol.